The van der Waals surface area contributed by atoms with Crippen molar-refractivity contribution in [2.24, 2.45) is 4.99 Å². The molecule has 0 radical (unpaired) electrons. The van der Waals surface area contributed by atoms with Crippen molar-refractivity contribution < 1.29 is 9.47 Å². The third-order valence-corrected chi connectivity index (χ3v) is 5.21. The van der Waals surface area contributed by atoms with E-state index in [4.69, 9.17) is 14.5 Å². The van der Waals surface area contributed by atoms with Gasteiger partial charge in [0.15, 0.2) is 5.96 Å². The Kier molecular flexibility index (Phi) is 11.2. The molecule has 166 valence electrons. The summed E-state index contributed by atoms with van der Waals surface area (Å²) in [6.45, 7) is 9.06. The molecule has 0 aromatic carbocycles. The van der Waals surface area contributed by atoms with E-state index in [1.165, 1.54) is 19.3 Å². The van der Waals surface area contributed by atoms with Gasteiger partial charge in [0.05, 0.1) is 19.3 Å². The molecule has 1 saturated heterocycles. The molecule has 0 bridgehead atoms. The molecule has 9 heteroatoms. The van der Waals surface area contributed by atoms with E-state index in [0.717, 1.165) is 69.5 Å². The highest BCUT2D eigenvalue weighted by atomic mass is 127. The molecular weight excluding hydrogens is 483 g/mol. The lowest BCUT2D eigenvalue weighted by Gasteiger charge is -2.19. The molecule has 2 aliphatic rings. The van der Waals surface area contributed by atoms with Gasteiger partial charge in [0.1, 0.15) is 11.6 Å². The largest absolute Gasteiger partial charge is 0.379 e. The fourth-order valence-corrected chi connectivity index (χ4v) is 3.68. The van der Waals surface area contributed by atoms with Crippen molar-refractivity contribution in [3.63, 3.8) is 0 Å². The highest BCUT2D eigenvalue weighted by Crippen LogP contribution is 2.15. The summed E-state index contributed by atoms with van der Waals surface area (Å²) in [7, 11) is 0. The summed E-state index contributed by atoms with van der Waals surface area (Å²) in [6, 6.07) is 0.200. The van der Waals surface area contributed by atoms with Gasteiger partial charge < -0.3 is 24.7 Å². The van der Waals surface area contributed by atoms with Crippen molar-refractivity contribution in [1.82, 2.24) is 25.4 Å². The van der Waals surface area contributed by atoms with Crippen LogP contribution in [-0.4, -0.2) is 65.8 Å². The zero-order chi connectivity index (χ0) is 19.6. The van der Waals surface area contributed by atoms with Gasteiger partial charge in [-0.3, -0.25) is 4.99 Å². The van der Waals surface area contributed by atoms with E-state index in [9.17, 15) is 0 Å². The zero-order valence-corrected chi connectivity index (χ0v) is 20.2. The standard InChI is InChI=1S/C20H36N6O2.HI/c1-3-21-20(23-16(2)14-28-17-10-13-27-15-17)22-11-7-9-19-25-24-18-8-5-4-6-12-26(18)19;/h16-17H,3-15H2,1-2H3,(H2,21,22,23);1H. The Morgan fingerprint density at radius 2 is 2.24 bits per heavy atom. The minimum atomic E-state index is 0. The number of aryl methyl sites for hydroxylation is 2. The SMILES string of the molecule is CCNC(=NCCCc1nnc2n1CCCCC2)NC(C)COC1CCOC1.I. The highest BCUT2D eigenvalue weighted by Gasteiger charge is 2.17. The molecule has 0 aliphatic carbocycles. The van der Waals surface area contributed by atoms with E-state index in [1.54, 1.807) is 0 Å². The number of guanidine groups is 1. The molecule has 3 heterocycles. The lowest BCUT2D eigenvalue weighted by Crippen LogP contribution is -2.44. The summed E-state index contributed by atoms with van der Waals surface area (Å²) in [5, 5.41) is 15.5. The lowest BCUT2D eigenvalue weighted by molar-refractivity contribution is 0.0347. The van der Waals surface area contributed by atoms with Crippen LogP contribution in [0.25, 0.3) is 0 Å². The minimum absolute atomic E-state index is 0. The summed E-state index contributed by atoms with van der Waals surface area (Å²) in [5.41, 5.74) is 0. The van der Waals surface area contributed by atoms with Gasteiger partial charge in [-0.05, 0) is 39.5 Å². The number of halogens is 1. The summed E-state index contributed by atoms with van der Waals surface area (Å²) in [4.78, 5) is 4.72. The van der Waals surface area contributed by atoms with Crippen LogP contribution in [0.3, 0.4) is 0 Å². The normalized spacial score (nSPS) is 20.5. The molecule has 2 N–H and O–H groups in total. The Hall–Kier alpha value is -0.940. The van der Waals surface area contributed by atoms with Gasteiger partial charge in [0.2, 0.25) is 0 Å². The lowest BCUT2D eigenvalue weighted by atomic mass is 10.2. The number of hydrogen-bond donors (Lipinski definition) is 2. The average Bonchev–Trinajstić information content (AvgIpc) is 3.28. The van der Waals surface area contributed by atoms with Crippen molar-refractivity contribution in [3.8, 4) is 0 Å². The van der Waals surface area contributed by atoms with Gasteiger partial charge in [-0.15, -0.1) is 34.2 Å². The monoisotopic (exact) mass is 520 g/mol. The molecular formula is C20H37IN6O2. The van der Waals surface area contributed by atoms with E-state index in [-0.39, 0.29) is 36.1 Å². The first-order valence-electron chi connectivity index (χ1n) is 10.9. The Labute approximate surface area is 191 Å². The van der Waals surface area contributed by atoms with Crippen LogP contribution in [-0.2, 0) is 28.9 Å². The fourth-order valence-electron chi connectivity index (χ4n) is 3.68. The Morgan fingerprint density at radius 3 is 3.03 bits per heavy atom. The molecule has 1 aromatic rings. The van der Waals surface area contributed by atoms with Crippen molar-refractivity contribution >= 4 is 29.9 Å². The van der Waals surface area contributed by atoms with E-state index in [1.807, 2.05) is 0 Å². The van der Waals surface area contributed by atoms with Crippen LogP contribution in [0.2, 0.25) is 0 Å². The predicted molar refractivity (Wildman–Crippen MR) is 125 cm³/mol. The van der Waals surface area contributed by atoms with Crippen LogP contribution in [0.4, 0.5) is 0 Å². The van der Waals surface area contributed by atoms with Crippen LogP contribution in [0, 0.1) is 0 Å². The van der Waals surface area contributed by atoms with Crippen molar-refractivity contribution in [2.75, 3.05) is 32.9 Å². The van der Waals surface area contributed by atoms with E-state index >= 15 is 0 Å². The Balaban J connectivity index is 0.00000300. The van der Waals surface area contributed by atoms with Crippen molar-refractivity contribution in [2.45, 2.75) is 77.5 Å². The highest BCUT2D eigenvalue weighted by molar-refractivity contribution is 14.0. The van der Waals surface area contributed by atoms with Crippen LogP contribution in [0.5, 0.6) is 0 Å². The number of ether oxygens (including phenoxy) is 2. The molecule has 2 atom stereocenters. The first kappa shape index (κ1) is 24.3. The summed E-state index contributed by atoms with van der Waals surface area (Å²) in [6.07, 6.45) is 7.95. The molecule has 8 nitrogen and oxygen atoms in total. The molecule has 29 heavy (non-hydrogen) atoms. The van der Waals surface area contributed by atoms with Gasteiger partial charge in [-0.2, -0.15) is 0 Å². The van der Waals surface area contributed by atoms with Gasteiger partial charge in [-0.25, -0.2) is 0 Å². The third-order valence-electron chi connectivity index (χ3n) is 5.21. The Morgan fingerprint density at radius 1 is 1.34 bits per heavy atom. The molecule has 2 unspecified atom stereocenters. The minimum Gasteiger partial charge on any atom is -0.379 e. The van der Waals surface area contributed by atoms with Crippen molar-refractivity contribution in [3.05, 3.63) is 11.6 Å². The number of rotatable bonds is 9. The second-order valence-electron chi connectivity index (χ2n) is 7.72. The molecule has 3 rings (SSSR count). The maximum Gasteiger partial charge on any atom is 0.191 e. The zero-order valence-electron chi connectivity index (χ0n) is 17.9. The van der Waals surface area contributed by atoms with Gasteiger partial charge in [-0.1, -0.05) is 6.42 Å². The molecule has 0 spiro atoms. The number of hydrogen-bond acceptors (Lipinski definition) is 5. The maximum absolute atomic E-state index is 5.89. The topological polar surface area (TPSA) is 85.6 Å². The number of nitrogens with zero attached hydrogens (tertiary/aromatic N) is 4. The fraction of sp³-hybridized carbons (Fsp3) is 0.850. The first-order chi connectivity index (χ1) is 13.8. The van der Waals surface area contributed by atoms with Gasteiger partial charge in [0.25, 0.3) is 0 Å². The summed E-state index contributed by atoms with van der Waals surface area (Å²) < 4.78 is 13.6. The van der Waals surface area contributed by atoms with Crippen LogP contribution in [0.15, 0.2) is 4.99 Å². The summed E-state index contributed by atoms with van der Waals surface area (Å²) >= 11 is 0. The molecule has 0 saturated carbocycles. The maximum atomic E-state index is 5.89. The summed E-state index contributed by atoms with van der Waals surface area (Å²) in [5.74, 6) is 3.12. The number of fused-ring (bicyclic) bond motifs is 1. The number of aliphatic imine (C=N–C) groups is 1. The second kappa shape index (κ2) is 13.4. The predicted octanol–water partition coefficient (Wildman–Crippen LogP) is 2.30. The smallest absolute Gasteiger partial charge is 0.191 e. The molecule has 1 aromatic heterocycles. The average molecular weight is 520 g/mol. The molecule has 1 fully saturated rings. The van der Waals surface area contributed by atoms with Crippen LogP contribution in [0.1, 0.15) is 57.6 Å². The van der Waals surface area contributed by atoms with E-state index < -0.39 is 0 Å². The third kappa shape index (κ3) is 8.01. The second-order valence-corrected chi connectivity index (χ2v) is 7.72. The van der Waals surface area contributed by atoms with Crippen LogP contribution < -0.4 is 10.6 Å². The number of aromatic nitrogens is 3. The van der Waals surface area contributed by atoms with E-state index in [0.29, 0.717) is 13.2 Å². The quantitative estimate of drug-likeness (QED) is 0.225. The molecule has 2 aliphatic heterocycles. The first-order valence-corrected chi connectivity index (χ1v) is 10.9. The van der Waals surface area contributed by atoms with E-state index in [2.05, 4.69) is 39.2 Å². The molecule has 0 amide bonds. The van der Waals surface area contributed by atoms with Gasteiger partial charge >= 0.3 is 0 Å². The van der Waals surface area contributed by atoms with Crippen LogP contribution >= 0.6 is 24.0 Å². The van der Waals surface area contributed by atoms with Gasteiger partial charge in [0, 0.05) is 45.1 Å². The Bertz CT molecular complexity index is 618. The number of nitrogens with one attached hydrogen (secondary N) is 2. The van der Waals surface area contributed by atoms with Crippen molar-refractivity contribution in [1.29, 1.82) is 0 Å².